The molecular formula is C17H14N2O3. The number of ketones is 1. The quantitative estimate of drug-likeness (QED) is 0.689. The van der Waals surface area contributed by atoms with E-state index in [1.54, 1.807) is 48.5 Å². The van der Waals surface area contributed by atoms with Gasteiger partial charge in [-0.25, -0.2) is 4.79 Å². The summed E-state index contributed by atoms with van der Waals surface area (Å²) < 4.78 is 2.37. The first kappa shape index (κ1) is 14.0. The van der Waals surface area contributed by atoms with E-state index in [1.165, 1.54) is 11.6 Å². The van der Waals surface area contributed by atoms with Gasteiger partial charge >= 0.3 is 5.69 Å². The van der Waals surface area contributed by atoms with Crippen molar-refractivity contribution in [1.82, 2.24) is 9.13 Å². The Kier molecular flexibility index (Phi) is 3.47. The number of carbonyl (C=O) groups is 1. The zero-order valence-corrected chi connectivity index (χ0v) is 12.0. The highest BCUT2D eigenvalue weighted by atomic mass is 16.2. The first-order valence-corrected chi connectivity index (χ1v) is 6.86. The van der Waals surface area contributed by atoms with Crippen LogP contribution in [0.1, 0.15) is 10.4 Å². The number of rotatable bonds is 3. The minimum atomic E-state index is -0.493. The van der Waals surface area contributed by atoms with Crippen molar-refractivity contribution in [1.29, 1.82) is 0 Å². The number of nitrogens with zero attached hydrogens (tertiary/aromatic N) is 2. The highest BCUT2D eigenvalue weighted by Gasteiger charge is 2.14. The largest absolute Gasteiger partial charge is 0.331 e. The van der Waals surface area contributed by atoms with Gasteiger partial charge in [0.2, 0.25) is 0 Å². The second kappa shape index (κ2) is 5.44. The van der Waals surface area contributed by atoms with E-state index in [4.69, 9.17) is 0 Å². The van der Waals surface area contributed by atoms with E-state index >= 15 is 0 Å². The fraction of sp³-hybridized carbons (Fsp3) is 0.118. The number of benzene rings is 2. The average Bonchev–Trinajstić information content (AvgIpc) is 2.57. The monoisotopic (exact) mass is 294 g/mol. The third kappa shape index (κ3) is 2.26. The molecule has 0 aliphatic heterocycles. The van der Waals surface area contributed by atoms with Gasteiger partial charge in [0.1, 0.15) is 0 Å². The van der Waals surface area contributed by atoms with E-state index < -0.39 is 5.69 Å². The Morgan fingerprint density at radius 1 is 0.955 bits per heavy atom. The van der Waals surface area contributed by atoms with Crippen molar-refractivity contribution in [3.05, 3.63) is 81.0 Å². The summed E-state index contributed by atoms with van der Waals surface area (Å²) in [5.74, 6) is -0.175. The molecule has 0 spiro atoms. The van der Waals surface area contributed by atoms with Crippen LogP contribution in [0.2, 0.25) is 0 Å². The second-order valence-electron chi connectivity index (χ2n) is 5.04. The van der Waals surface area contributed by atoms with Crippen LogP contribution in [0.3, 0.4) is 0 Å². The molecule has 1 aromatic heterocycles. The summed E-state index contributed by atoms with van der Waals surface area (Å²) >= 11 is 0. The standard InChI is InChI=1S/C17H14N2O3/c1-18-16(21)13-9-5-6-10-14(13)19(17(18)22)11-15(20)12-7-3-2-4-8-12/h2-10H,11H2,1H3. The van der Waals surface area contributed by atoms with Crippen LogP contribution >= 0.6 is 0 Å². The van der Waals surface area contributed by atoms with Crippen molar-refractivity contribution < 1.29 is 4.79 Å². The number of fused-ring (bicyclic) bond motifs is 1. The molecule has 1 heterocycles. The van der Waals surface area contributed by atoms with E-state index in [2.05, 4.69) is 0 Å². The molecule has 0 unspecified atom stereocenters. The summed E-state index contributed by atoms with van der Waals surface area (Å²) in [4.78, 5) is 36.8. The third-order valence-corrected chi connectivity index (χ3v) is 3.65. The van der Waals surface area contributed by atoms with Gasteiger partial charge in [-0.05, 0) is 12.1 Å². The Morgan fingerprint density at radius 2 is 1.59 bits per heavy atom. The predicted octanol–water partition coefficient (Wildman–Crippen LogP) is 1.58. The summed E-state index contributed by atoms with van der Waals surface area (Å²) in [6.07, 6.45) is 0. The molecule has 0 N–H and O–H groups in total. The molecule has 3 rings (SSSR count). The zero-order valence-electron chi connectivity index (χ0n) is 12.0. The molecule has 3 aromatic rings. The van der Waals surface area contributed by atoms with Crippen LogP contribution in [0.15, 0.2) is 64.2 Å². The Labute approximate surface area is 126 Å². The van der Waals surface area contributed by atoms with Crippen LogP contribution in [-0.4, -0.2) is 14.9 Å². The van der Waals surface area contributed by atoms with Gasteiger partial charge in [-0.3, -0.25) is 18.7 Å². The lowest BCUT2D eigenvalue weighted by Gasteiger charge is -2.11. The predicted molar refractivity (Wildman–Crippen MR) is 84.2 cm³/mol. The second-order valence-corrected chi connectivity index (χ2v) is 5.04. The Bertz CT molecular complexity index is 969. The number of Topliss-reactive ketones (excluding diaryl/α,β-unsaturated/α-hetero) is 1. The van der Waals surface area contributed by atoms with Crippen molar-refractivity contribution in [3.63, 3.8) is 0 Å². The molecule has 0 radical (unpaired) electrons. The molecular weight excluding hydrogens is 280 g/mol. The number of para-hydroxylation sites is 1. The van der Waals surface area contributed by atoms with Crippen LogP contribution in [0.5, 0.6) is 0 Å². The highest BCUT2D eigenvalue weighted by molar-refractivity contribution is 5.96. The Hall–Kier alpha value is -2.95. The molecule has 0 amide bonds. The van der Waals surface area contributed by atoms with Crippen LogP contribution in [0, 0.1) is 0 Å². The third-order valence-electron chi connectivity index (χ3n) is 3.65. The summed E-state index contributed by atoms with van der Waals surface area (Å²) in [5.41, 5.74) is 0.157. The van der Waals surface area contributed by atoms with E-state index in [9.17, 15) is 14.4 Å². The van der Waals surface area contributed by atoms with Gasteiger partial charge in [0, 0.05) is 12.6 Å². The van der Waals surface area contributed by atoms with E-state index in [0.717, 1.165) is 4.57 Å². The van der Waals surface area contributed by atoms with Gasteiger partial charge in [0.05, 0.1) is 17.4 Å². The van der Waals surface area contributed by atoms with E-state index in [0.29, 0.717) is 16.5 Å². The summed E-state index contributed by atoms with van der Waals surface area (Å²) in [6, 6.07) is 15.6. The molecule has 5 heteroatoms. The Morgan fingerprint density at radius 3 is 2.32 bits per heavy atom. The number of carbonyl (C=O) groups excluding carboxylic acids is 1. The first-order chi connectivity index (χ1) is 10.6. The van der Waals surface area contributed by atoms with Gasteiger partial charge in [0.25, 0.3) is 5.56 Å². The minimum absolute atomic E-state index is 0.0997. The van der Waals surface area contributed by atoms with Crippen LogP contribution < -0.4 is 11.2 Å². The maximum Gasteiger partial charge on any atom is 0.331 e. The lowest BCUT2D eigenvalue weighted by Crippen LogP contribution is -2.39. The average molecular weight is 294 g/mol. The van der Waals surface area contributed by atoms with Crippen molar-refractivity contribution in [2.45, 2.75) is 6.54 Å². The molecule has 0 fully saturated rings. The summed E-state index contributed by atoms with van der Waals surface area (Å²) in [6.45, 7) is -0.0997. The zero-order chi connectivity index (χ0) is 15.7. The van der Waals surface area contributed by atoms with Crippen molar-refractivity contribution in [3.8, 4) is 0 Å². The van der Waals surface area contributed by atoms with Crippen molar-refractivity contribution >= 4 is 16.7 Å². The van der Waals surface area contributed by atoms with Gasteiger partial charge in [0.15, 0.2) is 5.78 Å². The van der Waals surface area contributed by atoms with Gasteiger partial charge in [-0.1, -0.05) is 42.5 Å². The maximum atomic E-state index is 12.4. The SMILES string of the molecule is Cn1c(=O)c2ccccc2n(CC(=O)c2ccccc2)c1=O. The smallest absolute Gasteiger partial charge is 0.292 e. The van der Waals surface area contributed by atoms with E-state index in [-0.39, 0.29) is 17.9 Å². The van der Waals surface area contributed by atoms with Crippen molar-refractivity contribution in [2.24, 2.45) is 7.05 Å². The fourth-order valence-corrected chi connectivity index (χ4v) is 2.45. The molecule has 0 bridgehead atoms. The summed E-state index contributed by atoms with van der Waals surface area (Å²) in [5, 5.41) is 0.422. The lowest BCUT2D eigenvalue weighted by molar-refractivity contribution is 0.0971. The van der Waals surface area contributed by atoms with E-state index in [1.807, 2.05) is 6.07 Å². The molecule has 5 nitrogen and oxygen atoms in total. The first-order valence-electron chi connectivity index (χ1n) is 6.86. The molecule has 0 saturated carbocycles. The molecule has 22 heavy (non-hydrogen) atoms. The topological polar surface area (TPSA) is 61.1 Å². The minimum Gasteiger partial charge on any atom is -0.292 e. The van der Waals surface area contributed by atoms with Crippen LogP contribution in [0.25, 0.3) is 10.9 Å². The molecule has 0 aliphatic rings. The molecule has 0 atom stereocenters. The van der Waals surface area contributed by atoms with Crippen LogP contribution in [-0.2, 0) is 13.6 Å². The molecule has 2 aromatic carbocycles. The maximum absolute atomic E-state index is 12.4. The number of hydrogen-bond donors (Lipinski definition) is 0. The number of aromatic nitrogens is 2. The number of hydrogen-bond acceptors (Lipinski definition) is 3. The highest BCUT2D eigenvalue weighted by Crippen LogP contribution is 2.09. The van der Waals surface area contributed by atoms with Crippen molar-refractivity contribution in [2.75, 3.05) is 0 Å². The van der Waals surface area contributed by atoms with Gasteiger partial charge < -0.3 is 0 Å². The van der Waals surface area contributed by atoms with Gasteiger partial charge in [-0.2, -0.15) is 0 Å². The summed E-state index contributed by atoms with van der Waals surface area (Å²) in [7, 11) is 1.42. The van der Waals surface area contributed by atoms with Crippen LogP contribution in [0.4, 0.5) is 0 Å². The lowest BCUT2D eigenvalue weighted by atomic mass is 10.1. The fourth-order valence-electron chi connectivity index (χ4n) is 2.45. The normalized spacial score (nSPS) is 10.8. The molecule has 0 saturated heterocycles. The Balaban J connectivity index is 2.18. The molecule has 0 aliphatic carbocycles. The van der Waals surface area contributed by atoms with Gasteiger partial charge in [-0.15, -0.1) is 0 Å². The molecule has 110 valence electrons.